The number of hydrogen-bond acceptors (Lipinski definition) is 2. The normalized spacial score (nSPS) is 20.7. The highest BCUT2D eigenvalue weighted by Crippen LogP contribution is 2.35. The highest BCUT2D eigenvalue weighted by molar-refractivity contribution is 7.80. The molecule has 1 fully saturated rings. The van der Waals surface area contributed by atoms with Crippen LogP contribution in [0.2, 0.25) is 15.1 Å². The number of thiocarbonyl (C=S) groups is 1. The number of anilines is 1. The number of nitrogens with one attached hydrogen (secondary N) is 2. The van der Waals surface area contributed by atoms with Gasteiger partial charge in [0.05, 0.1) is 5.69 Å². The molecular weight excluding hydrogens is 373 g/mol. The van der Waals surface area contributed by atoms with Gasteiger partial charge in [-0.1, -0.05) is 47.8 Å². The van der Waals surface area contributed by atoms with Crippen molar-refractivity contribution in [2.75, 3.05) is 5.01 Å². The minimum Gasteiger partial charge on any atom is -0.338 e. The number of rotatable bonds is 3. The molecule has 3 nitrogen and oxygen atoms in total. The van der Waals surface area contributed by atoms with Crippen molar-refractivity contribution in [3.05, 3.63) is 63.1 Å². The van der Waals surface area contributed by atoms with Crippen molar-refractivity contribution < 1.29 is 0 Å². The third-order valence-electron chi connectivity index (χ3n) is 3.83. The van der Waals surface area contributed by atoms with Crippen LogP contribution < -0.4 is 15.8 Å². The summed E-state index contributed by atoms with van der Waals surface area (Å²) in [5.41, 5.74) is 4.63. The third kappa shape index (κ3) is 3.14. The maximum absolute atomic E-state index is 6.40. The largest absolute Gasteiger partial charge is 0.338 e. The Labute approximate surface area is 155 Å². The molecule has 7 heteroatoms. The summed E-state index contributed by atoms with van der Waals surface area (Å²) in [6, 6.07) is 12.9. The predicted molar refractivity (Wildman–Crippen MR) is 101 cm³/mol. The second kappa shape index (κ2) is 6.46. The first kappa shape index (κ1) is 16.8. The van der Waals surface area contributed by atoms with Crippen molar-refractivity contribution in [2.24, 2.45) is 0 Å². The fourth-order valence-electron chi connectivity index (χ4n) is 2.60. The molecule has 120 valence electrons. The van der Waals surface area contributed by atoms with Crippen LogP contribution in [0.15, 0.2) is 42.5 Å². The zero-order chi connectivity index (χ0) is 16.6. The quantitative estimate of drug-likeness (QED) is 0.717. The van der Waals surface area contributed by atoms with Crippen LogP contribution in [0.25, 0.3) is 0 Å². The molecule has 0 aliphatic carbocycles. The number of hydrogen-bond donors (Lipinski definition) is 2. The molecule has 0 saturated carbocycles. The smallest absolute Gasteiger partial charge is 0.190 e. The molecule has 0 spiro atoms. The van der Waals surface area contributed by atoms with E-state index < -0.39 is 5.66 Å². The Bertz CT molecular complexity index is 751. The van der Waals surface area contributed by atoms with Crippen molar-refractivity contribution in [2.45, 2.75) is 19.0 Å². The molecule has 23 heavy (non-hydrogen) atoms. The third-order valence-corrected chi connectivity index (χ3v) is 4.92. The summed E-state index contributed by atoms with van der Waals surface area (Å²) in [6.07, 6.45) is 0.735. The van der Waals surface area contributed by atoms with Crippen molar-refractivity contribution in [1.29, 1.82) is 0 Å². The van der Waals surface area contributed by atoms with Gasteiger partial charge in [-0.2, -0.15) is 5.43 Å². The average molecular weight is 387 g/mol. The predicted octanol–water partition coefficient (Wildman–Crippen LogP) is 5.11. The van der Waals surface area contributed by atoms with Gasteiger partial charge in [0.25, 0.3) is 0 Å². The molecule has 3 rings (SSSR count). The molecule has 1 heterocycles. The highest BCUT2D eigenvalue weighted by Gasteiger charge is 2.42. The Hall–Kier alpha value is -1.04. The summed E-state index contributed by atoms with van der Waals surface area (Å²) in [5.74, 6) is 0. The van der Waals surface area contributed by atoms with Crippen molar-refractivity contribution in [3.63, 3.8) is 0 Å². The van der Waals surface area contributed by atoms with Crippen LogP contribution in [0.1, 0.15) is 18.9 Å². The van der Waals surface area contributed by atoms with Crippen LogP contribution in [-0.4, -0.2) is 5.11 Å². The maximum atomic E-state index is 6.40. The SMILES string of the molecule is CCC1(c2ccc(Cl)cc2Cl)NC(=S)N(c2ccc(Cl)cc2)N1. The van der Waals surface area contributed by atoms with Crippen LogP contribution in [0.4, 0.5) is 5.69 Å². The molecule has 0 bridgehead atoms. The molecule has 1 atom stereocenters. The standard InChI is InChI=1S/C16H14Cl3N3S/c1-2-16(13-8-5-11(18)9-14(13)19)20-15(23)22(21-16)12-6-3-10(17)4-7-12/h3-9,21H,2H2,1H3,(H,20,23). The number of nitrogens with zero attached hydrogens (tertiary/aromatic N) is 1. The molecule has 0 aromatic heterocycles. The Kier molecular flexibility index (Phi) is 4.72. The van der Waals surface area contributed by atoms with Gasteiger partial charge in [0.15, 0.2) is 5.11 Å². The van der Waals surface area contributed by atoms with Gasteiger partial charge in [-0.3, -0.25) is 0 Å². The van der Waals surface area contributed by atoms with Crippen LogP contribution in [0, 0.1) is 0 Å². The molecule has 1 aliphatic rings. The molecule has 2 aromatic rings. The lowest BCUT2D eigenvalue weighted by molar-refractivity contribution is 0.337. The van der Waals surface area contributed by atoms with Crippen LogP contribution >= 0.6 is 47.0 Å². The van der Waals surface area contributed by atoms with Gasteiger partial charge in [0, 0.05) is 20.6 Å². The molecule has 0 amide bonds. The molecule has 1 aliphatic heterocycles. The lowest BCUT2D eigenvalue weighted by Gasteiger charge is -2.30. The first-order chi connectivity index (χ1) is 10.9. The molecule has 0 radical (unpaired) electrons. The van der Waals surface area contributed by atoms with Gasteiger partial charge in [-0.15, -0.1) is 0 Å². The average Bonchev–Trinajstić information content (AvgIpc) is 2.86. The van der Waals surface area contributed by atoms with Gasteiger partial charge < -0.3 is 5.32 Å². The van der Waals surface area contributed by atoms with Gasteiger partial charge in [0.1, 0.15) is 5.66 Å². The molecule has 2 N–H and O–H groups in total. The van der Waals surface area contributed by atoms with E-state index >= 15 is 0 Å². The molecule has 1 saturated heterocycles. The van der Waals surface area contributed by atoms with E-state index in [1.54, 1.807) is 6.07 Å². The maximum Gasteiger partial charge on any atom is 0.190 e. The summed E-state index contributed by atoms with van der Waals surface area (Å²) < 4.78 is 0. The van der Waals surface area contributed by atoms with Crippen LogP contribution in [0.5, 0.6) is 0 Å². The van der Waals surface area contributed by atoms with Crippen LogP contribution in [0.3, 0.4) is 0 Å². The fourth-order valence-corrected chi connectivity index (χ4v) is 3.62. The molecule has 2 aromatic carbocycles. The minimum atomic E-state index is -0.585. The van der Waals surface area contributed by atoms with Crippen molar-refractivity contribution in [3.8, 4) is 0 Å². The van der Waals surface area contributed by atoms with E-state index in [1.807, 2.05) is 41.4 Å². The topological polar surface area (TPSA) is 27.3 Å². The van der Waals surface area contributed by atoms with E-state index in [9.17, 15) is 0 Å². The fraction of sp³-hybridized carbons (Fsp3) is 0.188. The Morgan fingerprint density at radius 1 is 1.04 bits per heavy atom. The highest BCUT2D eigenvalue weighted by atomic mass is 35.5. The van der Waals surface area contributed by atoms with E-state index in [-0.39, 0.29) is 0 Å². The van der Waals surface area contributed by atoms with Gasteiger partial charge in [0.2, 0.25) is 0 Å². The van der Waals surface area contributed by atoms with Gasteiger partial charge >= 0.3 is 0 Å². The van der Waals surface area contributed by atoms with Crippen molar-refractivity contribution >= 4 is 57.8 Å². The summed E-state index contributed by atoms with van der Waals surface area (Å²) in [7, 11) is 0. The number of halogens is 3. The van der Waals surface area contributed by atoms with Crippen molar-refractivity contribution in [1.82, 2.24) is 10.7 Å². The van der Waals surface area contributed by atoms with Gasteiger partial charge in [-0.25, -0.2) is 5.01 Å². The second-order valence-electron chi connectivity index (χ2n) is 5.24. The lowest BCUT2D eigenvalue weighted by Crippen LogP contribution is -2.48. The first-order valence-electron chi connectivity index (χ1n) is 7.06. The zero-order valence-corrected chi connectivity index (χ0v) is 15.3. The van der Waals surface area contributed by atoms with E-state index in [2.05, 4.69) is 17.7 Å². The summed E-state index contributed by atoms with van der Waals surface area (Å²) >= 11 is 23.8. The number of hydrazine groups is 1. The summed E-state index contributed by atoms with van der Waals surface area (Å²) in [6.45, 7) is 2.05. The van der Waals surface area contributed by atoms with E-state index in [4.69, 9.17) is 47.0 Å². The van der Waals surface area contributed by atoms with Gasteiger partial charge in [-0.05, 0) is 55.0 Å². The molecular formula is C16H14Cl3N3S. The number of benzene rings is 2. The summed E-state index contributed by atoms with van der Waals surface area (Å²) in [5, 5.41) is 7.59. The monoisotopic (exact) mass is 385 g/mol. The first-order valence-corrected chi connectivity index (χ1v) is 8.60. The van der Waals surface area contributed by atoms with Crippen LogP contribution in [-0.2, 0) is 5.66 Å². The Balaban J connectivity index is 1.98. The van der Waals surface area contributed by atoms with E-state index in [0.29, 0.717) is 20.2 Å². The Morgan fingerprint density at radius 2 is 1.70 bits per heavy atom. The van der Waals surface area contributed by atoms with E-state index in [0.717, 1.165) is 17.7 Å². The Morgan fingerprint density at radius 3 is 2.30 bits per heavy atom. The minimum absolute atomic E-state index is 0.570. The zero-order valence-electron chi connectivity index (χ0n) is 12.2. The second-order valence-corrected chi connectivity index (χ2v) is 6.90. The van der Waals surface area contributed by atoms with E-state index in [1.165, 1.54) is 0 Å². The lowest BCUT2D eigenvalue weighted by atomic mass is 9.97. The summed E-state index contributed by atoms with van der Waals surface area (Å²) in [4.78, 5) is 0. The molecule has 1 unspecified atom stereocenters.